The van der Waals surface area contributed by atoms with E-state index >= 15 is 0 Å². The van der Waals surface area contributed by atoms with E-state index in [4.69, 9.17) is 11.6 Å². The SMILES string of the molecule is O=C1C=C([N+](=O)[O-])C(=O)C=C1Cl. The molecule has 5 nitrogen and oxygen atoms in total. The lowest BCUT2D eigenvalue weighted by Gasteiger charge is -1.99. The maximum Gasteiger partial charge on any atom is 0.320 e. The summed E-state index contributed by atoms with van der Waals surface area (Å²) < 4.78 is 0. The van der Waals surface area contributed by atoms with Crippen LogP contribution in [0.15, 0.2) is 22.9 Å². The summed E-state index contributed by atoms with van der Waals surface area (Å²) in [5, 5.41) is 9.81. The minimum absolute atomic E-state index is 0.300. The molecule has 0 saturated heterocycles. The molecule has 12 heavy (non-hydrogen) atoms. The molecule has 0 radical (unpaired) electrons. The van der Waals surface area contributed by atoms with Gasteiger partial charge in [0.15, 0.2) is 0 Å². The van der Waals surface area contributed by atoms with Gasteiger partial charge in [0.05, 0.1) is 16.0 Å². The van der Waals surface area contributed by atoms with Crippen molar-refractivity contribution in [1.82, 2.24) is 0 Å². The summed E-state index contributed by atoms with van der Waals surface area (Å²) in [6, 6.07) is 0. The monoisotopic (exact) mass is 187 g/mol. The van der Waals surface area contributed by atoms with Crippen LogP contribution in [0.5, 0.6) is 0 Å². The average Bonchev–Trinajstić information content (AvgIpc) is 1.96. The van der Waals surface area contributed by atoms with E-state index in [0.717, 1.165) is 6.08 Å². The molecule has 62 valence electrons. The van der Waals surface area contributed by atoms with Gasteiger partial charge in [-0.05, 0) is 0 Å². The Kier molecular flexibility index (Phi) is 2.05. The topological polar surface area (TPSA) is 77.3 Å². The maximum absolute atomic E-state index is 10.8. The van der Waals surface area contributed by atoms with Crippen molar-refractivity contribution in [3.05, 3.63) is 33.0 Å². The lowest BCUT2D eigenvalue weighted by molar-refractivity contribution is -0.418. The first kappa shape index (κ1) is 8.61. The maximum atomic E-state index is 10.8. The molecule has 0 aromatic rings. The third-order valence-electron chi connectivity index (χ3n) is 1.21. The third-order valence-corrected chi connectivity index (χ3v) is 1.51. The fourth-order valence-electron chi connectivity index (χ4n) is 0.667. The van der Waals surface area contributed by atoms with Gasteiger partial charge in [-0.2, -0.15) is 0 Å². The summed E-state index contributed by atoms with van der Waals surface area (Å²) in [6.07, 6.45) is 1.35. The molecule has 0 aromatic carbocycles. The molecular weight excluding hydrogens is 186 g/mol. The standard InChI is InChI=1S/C6H2ClNO4/c7-3-1-6(10)4(8(11)12)2-5(3)9/h1-2H. The Labute approximate surface area is 71.5 Å². The Morgan fingerprint density at radius 1 is 1.25 bits per heavy atom. The van der Waals surface area contributed by atoms with E-state index in [1.54, 1.807) is 0 Å². The summed E-state index contributed by atoms with van der Waals surface area (Å²) in [5.41, 5.74) is -0.746. The lowest BCUT2D eigenvalue weighted by Crippen LogP contribution is -2.16. The zero-order chi connectivity index (χ0) is 9.30. The molecule has 0 aromatic heterocycles. The van der Waals surface area contributed by atoms with Crippen molar-refractivity contribution in [2.75, 3.05) is 0 Å². The second kappa shape index (κ2) is 2.86. The number of carbonyl (C=O) groups excluding carboxylic acids is 2. The highest BCUT2D eigenvalue weighted by Crippen LogP contribution is 2.14. The molecule has 0 atom stereocenters. The van der Waals surface area contributed by atoms with Gasteiger partial charge in [-0.1, -0.05) is 11.6 Å². The van der Waals surface area contributed by atoms with Gasteiger partial charge >= 0.3 is 5.70 Å². The van der Waals surface area contributed by atoms with Crippen LogP contribution in [0.3, 0.4) is 0 Å². The van der Waals surface area contributed by atoms with Crippen molar-refractivity contribution in [3.8, 4) is 0 Å². The number of allylic oxidation sites excluding steroid dienone is 3. The Balaban J connectivity index is 3.09. The van der Waals surface area contributed by atoms with Crippen LogP contribution in [-0.4, -0.2) is 16.5 Å². The number of ketones is 2. The second-order valence-electron chi connectivity index (χ2n) is 2.01. The number of hydrogen-bond donors (Lipinski definition) is 0. The van der Waals surface area contributed by atoms with Gasteiger partial charge in [-0.3, -0.25) is 19.7 Å². The van der Waals surface area contributed by atoms with E-state index < -0.39 is 22.2 Å². The van der Waals surface area contributed by atoms with E-state index in [1.165, 1.54) is 0 Å². The fourth-order valence-corrected chi connectivity index (χ4v) is 0.821. The van der Waals surface area contributed by atoms with Gasteiger partial charge in [0.1, 0.15) is 0 Å². The molecule has 0 saturated carbocycles. The first-order valence-electron chi connectivity index (χ1n) is 2.84. The van der Waals surface area contributed by atoms with Crippen molar-refractivity contribution in [1.29, 1.82) is 0 Å². The van der Waals surface area contributed by atoms with E-state index in [-0.39, 0.29) is 5.03 Å². The second-order valence-corrected chi connectivity index (χ2v) is 2.41. The molecule has 0 aliphatic heterocycles. The zero-order valence-electron chi connectivity index (χ0n) is 5.61. The molecular formula is C6H2ClNO4. The van der Waals surface area contributed by atoms with Gasteiger partial charge in [0.25, 0.3) is 5.78 Å². The van der Waals surface area contributed by atoms with Crippen LogP contribution in [0.25, 0.3) is 0 Å². The highest BCUT2D eigenvalue weighted by molar-refractivity contribution is 6.47. The molecule has 0 amide bonds. The van der Waals surface area contributed by atoms with Crippen LogP contribution < -0.4 is 0 Å². The third kappa shape index (κ3) is 1.40. The number of nitrogens with zero attached hydrogens (tertiary/aromatic N) is 1. The molecule has 0 N–H and O–H groups in total. The smallest absolute Gasteiger partial charge is 0.288 e. The molecule has 1 rings (SSSR count). The molecule has 0 bridgehead atoms. The average molecular weight is 188 g/mol. The van der Waals surface area contributed by atoms with E-state index in [0.29, 0.717) is 6.08 Å². The minimum Gasteiger partial charge on any atom is -0.288 e. The Hall–Kier alpha value is -1.49. The van der Waals surface area contributed by atoms with Crippen LogP contribution in [0.2, 0.25) is 0 Å². The number of rotatable bonds is 1. The predicted molar refractivity (Wildman–Crippen MR) is 39.0 cm³/mol. The summed E-state index contributed by atoms with van der Waals surface area (Å²) in [4.78, 5) is 30.7. The van der Waals surface area contributed by atoms with Crippen molar-refractivity contribution < 1.29 is 14.5 Å². The molecule has 0 fully saturated rings. The van der Waals surface area contributed by atoms with Crippen molar-refractivity contribution in [3.63, 3.8) is 0 Å². The molecule has 6 heteroatoms. The summed E-state index contributed by atoms with van der Waals surface area (Å²) in [5.74, 6) is -1.58. The lowest BCUT2D eigenvalue weighted by atomic mass is 10.1. The van der Waals surface area contributed by atoms with Crippen molar-refractivity contribution >= 4 is 23.2 Å². The highest BCUT2D eigenvalue weighted by atomic mass is 35.5. The molecule has 1 aliphatic rings. The van der Waals surface area contributed by atoms with Crippen LogP contribution >= 0.6 is 11.6 Å². The normalized spacial score (nSPS) is 17.1. The van der Waals surface area contributed by atoms with Crippen LogP contribution in [0.1, 0.15) is 0 Å². The number of halogens is 1. The summed E-state index contributed by atoms with van der Waals surface area (Å²) in [7, 11) is 0. The van der Waals surface area contributed by atoms with Crippen LogP contribution in [0, 0.1) is 10.1 Å². The van der Waals surface area contributed by atoms with Crippen molar-refractivity contribution in [2.45, 2.75) is 0 Å². The molecule has 0 unspecified atom stereocenters. The molecule has 0 heterocycles. The van der Waals surface area contributed by atoms with E-state index in [9.17, 15) is 19.7 Å². The van der Waals surface area contributed by atoms with E-state index in [1.807, 2.05) is 0 Å². The fraction of sp³-hybridized carbons (Fsp3) is 0. The largest absolute Gasteiger partial charge is 0.320 e. The number of hydrogen-bond acceptors (Lipinski definition) is 4. The van der Waals surface area contributed by atoms with Crippen molar-refractivity contribution in [2.24, 2.45) is 0 Å². The van der Waals surface area contributed by atoms with Crippen LogP contribution in [-0.2, 0) is 9.59 Å². The van der Waals surface area contributed by atoms with Gasteiger partial charge < -0.3 is 0 Å². The molecule has 1 aliphatic carbocycles. The zero-order valence-corrected chi connectivity index (χ0v) is 6.37. The van der Waals surface area contributed by atoms with E-state index in [2.05, 4.69) is 0 Å². The van der Waals surface area contributed by atoms with Gasteiger partial charge in [0.2, 0.25) is 5.78 Å². The van der Waals surface area contributed by atoms with Crippen LogP contribution in [0.4, 0.5) is 0 Å². The Bertz CT molecular complexity index is 341. The minimum atomic E-state index is -0.917. The van der Waals surface area contributed by atoms with Gasteiger partial charge in [-0.25, -0.2) is 0 Å². The first-order valence-corrected chi connectivity index (χ1v) is 3.22. The first-order chi connectivity index (χ1) is 5.52. The van der Waals surface area contributed by atoms with Gasteiger partial charge in [0, 0.05) is 6.08 Å². The Morgan fingerprint density at radius 2 is 1.83 bits per heavy atom. The van der Waals surface area contributed by atoms with Gasteiger partial charge in [-0.15, -0.1) is 0 Å². The number of carbonyl (C=O) groups is 2. The highest BCUT2D eigenvalue weighted by Gasteiger charge is 2.27. The number of nitro groups is 1. The molecule has 0 spiro atoms. The Morgan fingerprint density at radius 3 is 2.33 bits per heavy atom. The predicted octanol–water partition coefficient (Wildman–Crippen LogP) is 0.421. The quantitative estimate of drug-likeness (QED) is 0.339. The summed E-state index contributed by atoms with van der Waals surface area (Å²) in [6.45, 7) is 0. The summed E-state index contributed by atoms with van der Waals surface area (Å²) >= 11 is 5.26.